The highest BCUT2D eigenvalue weighted by molar-refractivity contribution is 5.57. The molecule has 0 unspecified atom stereocenters. The van der Waals surface area contributed by atoms with Gasteiger partial charge in [0.1, 0.15) is 17.7 Å². The van der Waals surface area contributed by atoms with Crippen LogP contribution < -0.4 is 5.32 Å². The summed E-state index contributed by atoms with van der Waals surface area (Å²) in [5.41, 5.74) is 4.90. The number of methoxy groups -OCH3 is 1. The van der Waals surface area contributed by atoms with E-state index in [1.807, 2.05) is 50.5 Å². The molecule has 0 aromatic carbocycles. The van der Waals surface area contributed by atoms with Crippen LogP contribution in [0.3, 0.4) is 0 Å². The van der Waals surface area contributed by atoms with E-state index in [0.717, 1.165) is 66.0 Å². The first-order valence-corrected chi connectivity index (χ1v) is 10.9. The predicted octanol–water partition coefficient (Wildman–Crippen LogP) is 3.39. The summed E-state index contributed by atoms with van der Waals surface area (Å²) in [6.07, 6.45) is 4.45. The van der Waals surface area contributed by atoms with Crippen molar-refractivity contribution in [3.05, 3.63) is 71.2 Å². The van der Waals surface area contributed by atoms with Gasteiger partial charge in [-0.3, -0.25) is 9.88 Å². The van der Waals surface area contributed by atoms with Gasteiger partial charge in [0, 0.05) is 68.2 Å². The SMILES string of the molecule is COCCc1ncc(CN2CCO[C@@H](c3cc(Nc4cccc(C)n4)cc(C)n3)C2)cn1. The third-order valence-corrected chi connectivity index (χ3v) is 5.31. The molecule has 168 valence electrons. The molecule has 8 nitrogen and oxygen atoms in total. The molecular formula is C24H30N6O2. The monoisotopic (exact) mass is 434 g/mol. The summed E-state index contributed by atoms with van der Waals surface area (Å²) in [6, 6.07) is 10.0. The van der Waals surface area contributed by atoms with Crippen molar-refractivity contribution in [1.29, 1.82) is 0 Å². The Morgan fingerprint density at radius 1 is 1.12 bits per heavy atom. The normalized spacial score (nSPS) is 16.8. The molecule has 32 heavy (non-hydrogen) atoms. The van der Waals surface area contributed by atoms with Crippen LogP contribution in [0.25, 0.3) is 0 Å². The van der Waals surface area contributed by atoms with E-state index in [1.54, 1.807) is 7.11 Å². The molecule has 8 heteroatoms. The van der Waals surface area contributed by atoms with Crippen LogP contribution in [-0.4, -0.2) is 58.2 Å². The minimum Gasteiger partial charge on any atom is -0.384 e. The molecule has 1 aliphatic rings. The molecule has 0 saturated carbocycles. The van der Waals surface area contributed by atoms with Crippen molar-refractivity contribution in [2.24, 2.45) is 0 Å². The van der Waals surface area contributed by atoms with Gasteiger partial charge in [-0.2, -0.15) is 0 Å². The van der Waals surface area contributed by atoms with Crippen LogP contribution in [0.5, 0.6) is 0 Å². The molecule has 0 bridgehead atoms. The number of hydrogen-bond donors (Lipinski definition) is 1. The number of ether oxygens (including phenoxy) is 2. The van der Waals surface area contributed by atoms with Gasteiger partial charge in [0.05, 0.1) is 18.9 Å². The fourth-order valence-corrected chi connectivity index (χ4v) is 3.76. The van der Waals surface area contributed by atoms with Crippen molar-refractivity contribution >= 4 is 11.5 Å². The van der Waals surface area contributed by atoms with Crippen molar-refractivity contribution < 1.29 is 9.47 Å². The van der Waals surface area contributed by atoms with Gasteiger partial charge in [-0.15, -0.1) is 0 Å². The average molecular weight is 435 g/mol. The van der Waals surface area contributed by atoms with Gasteiger partial charge in [-0.1, -0.05) is 6.07 Å². The van der Waals surface area contributed by atoms with Crippen LogP contribution in [0, 0.1) is 13.8 Å². The Balaban J connectivity index is 1.42. The van der Waals surface area contributed by atoms with Crippen molar-refractivity contribution in [2.45, 2.75) is 32.9 Å². The Kier molecular flexibility index (Phi) is 7.36. The second kappa shape index (κ2) is 10.6. The summed E-state index contributed by atoms with van der Waals surface area (Å²) in [5.74, 6) is 1.63. The maximum atomic E-state index is 6.08. The number of morpholine rings is 1. The Morgan fingerprint density at radius 2 is 1.97 bits per heavy atom. The van der Waals surface area contributed by atoms with E-state index in [-0.39, 0.29) is 6.10 Å². The van der Waals surface area contributed by atoms with E-state index in [9.17, 15) is 0 Å². The maximum absolute atomic E-state index is 6.08. The number of pyridine rings is 2. The Morgan fingerprint density at radius 3 is 2.75 bits per heavy atom. The lowest BCUT2D eigenvalue weighted by molar-refractivity contribution is -0.0350. The third kappa shape index (κ3) is 6.06. The quantitative estimate of drug-likeness (QED) is 0.578. The highest BCUT2D eigenvalue weighted by Gasteiger charge is 2.24. The number of rotatable bonds is 8. The van der Waals surface area contributed by atoms with Crippen LogP contribution >= 0.6 is 0 Å². The highest BCUT2D eigenvalue weighted by Crippen LogP contribution is 2.26. The predicted molar refractivity (Wildman–Crippen MR) is 123 cm³/mol. The summed E-state index contributed by atoms with van der Waals surface area (Å²) in [6.45, 7) is 7.70. The Hall–Kier alpha value is -2.94. The van der Waals surface area contributed by atoms with Crippen LogP contribution in [-0.2, 0) is 22.4 Å². The summed E-state index contributed by atoms with van der Waals surface area (Å²) in [5, 5.41) is 3.39. The third-order valence-electron chi connectivity index (χ3n) is 5.31. The second-order valence-electron chi connectivity index (χ2n) is 8.06. The first-order valence-electron chi connectivity index (χ1n) is 10.9. The highest BCUT2D eigenvalue weighted by atomic mass is 16.5. The lowest BCUT2D eigenvalue weighted by Crippen LogP contribution is -2.38. The molecule has 1 fully saturated rings. The van der Waals surface area contributed by atoms with Gasteiger partial charge in [-0.25, -0.2) is 15.0 Å². The van der Waals surface area contributed by atoms with Crippen molar-refractivity contribution in [1.82, 2.24) is 24.8 Å². The Bertz CT molecular complexity index is 1030. The molecule has 0 spiro atoms. The average Bonchev–Trinajstić information content (AvgIpc) is 2.78. The van der Waals surface area contributed by atoms with E-state index in [2.05, 4.69) is 31.2 Å². The zero-order valence-corrected chi connectivity index (χ0v) is 18.9. The van der Waals surface area contributed by atoms with Crippen LogP contribution in [0.1, 0.15) is 34.6 Å². The van der Waals surface area contributed by atoms with Gasteiger partial charge >= 0.3 is 0 Å². The molecule has 1 aliphatic heterocycles. The first kappa shape index (κ1) is 22.3. The lowest BCUT2D eigenvalue weighted by atomic mass is 10.1. The molecule has 0 radical (unpaired) electrons. The molecule has 1 saturated heterocycles. The fraction of sp³-hybridized carbons (Fsp3) is 0.417. The molecule has 0 aliphatic carbocycles. The van der Waals surface area contributed by atoms with Gasteiger partial charge < -0.3 is 14.8 Å². The first-order chi connectivity index (χ1) is 15.6. The van der Waals surface area contributed by atoms with Crippen LogP contribution in [0.4, 0.5) is 11.5 Å². The molecule has 3 aromatic heterocycles. The Labute approximate surface area is 189 Å². The number of aromatic nitrogens is 4. The maximum Gasteiger partial charge on any atom is 0.130 e. The summed E-state index contributed by atoms with van der Waals surface area (Å²) in [4.78, 5) is 20.5. The largest absolute Gasteiger partial charge is 0.384 e. The lowest BCUT2D eigenvalue weighted by Gasteiger charge is -2.32. The van der Waals surface area contributed by atoms with Crippen molar-refractivity contribution in [3.63, 3.8) is 0 Å². The smallest absolute Gasteiger partial charge is 0.130 e. The van der Waals surface area contributed by atoms with Gasteiger partial charge in [0.2, 0.25) is 0 Å². The van der Waals surface area contributed by atoms with E-state index < -0.39 is 0 Å². The summed E-state index contributed by atoms with van der Waals surface area (Å²) < 4.78 is 11.2. The fourth-order valence-electron chi connectivity index (χ4n) is 3.76. The molecule has 4 heterocycles. The molecular weight excluding hydrogens is 404 g/mol. The molecule has 1 atom stereocenters. The number of aryl methyl sites for hydroxylation is 2. The zero-order chi connectivity index (χ0) is 22.3. The minimum absolute atomic E-state index is 0.0865. The molecule has 0 amide bonds. The molecule has 4 rings (SSSR count). The second-order valence-corrected chi connectivity index (χ2v) is 8.06. The standard InChI is InChI=1S/C24H30N6O2/c1-17-5-4-6-24(28-17)29-20-11-18(2)27-21(12-20)22-16-30(8-10-32-22)15-19-13-25-23(26-14-19)7-9-31-3/h4-6,11-14,22H,7-10,15-16H2,1-3H3,(H,27,28,29)/t22-/m1/s1. The van der Waals surface area contributed by atoms with Crippen molar-refractivity contribution in [2.75, 3.05) is 38.7 Å². The van der Waals surface area contributed by atoms with Gasteiger partial charge in [0.15, 0.2) is 0 Å². The van der Waals surface area contributed by atoms with Gasteiger partial charge in [-0.05, 0) is 38.1 Å². The molecule has 1 N–H and O–H groups in total. The van der Waals surface area contributed by atoms with E-state index in [0.29, 0.717) is 13.2 Å². The molecule has 3 aromatic rings. The number of hydrogen-bond acceptors (Lipinski definition) is 8. The van der Waals surface area contributed by atoms with Crippen molar-refractivity contribution in [3.8, 4) is 0 Å². The number of nitrogens with zero attached hydrogens (tertiary/aromatic N) is 5. The number of anilines is 2. The van der Waals surface area contributed by atoms with Gasteiger partial charge in [0.25, 0.3) is 0 Å². The van der Waals surface area contributed by atoms with E-state index >= 15 is 0 Å². The number of nitrogens with one attached hydrogen (secondary N) is 1. The summed E-state index contributed by atoms with van der Waals surface area (Å²) >= 11 is 0. The van der Waals surface area contributed by atoms with Crippen LogP contribution in [0.15, 0.2) is 42.7 Å². The van der Waals surface area contributed by atoms with E-state index in [1.165, 1.54) is 0 Å². The van der Waals surface area contributed by atoms with E-state index in [4.69, 9.17) is 14.5 Å². The summed E-state index contributed by atoms with van der Waals surface area (Å²) in [7, 11) is 1.69. The minimum atomic E-state index is -0.0865. The topological polar surface area (TPSA) is 85.3 Å². The zero-order valence-electron chi connectivity index (χ0n) is 18.9. The van der Waals surface area contributed by atoms with Crippen LogP contribution in [0.2, 0.25) is 0 Å².